The van der Waals surface area contributed by atoms with E-state index >= 15 is 0 Å². The lowest BCUT2D eigenvalue weighted by Gasteiger charge is -2.12. The third kappa shape index (κ3) is 3.00. The molecule has 2 unspecified atom stereocenters. The molecule has 0 aromatic rings. The first-order chi connectivity index (χ1) is 5.72. The Morgan fingerprint density at radius 1 is 1.25 bits per heavy atom. The Kier molecular flexibility index (Phi) is 3.84. The highest BCUT2D eigenvalue weighted by molar-refractivity contribution is 5.01. The highest BCUT2D eigenvalue weighted by atomic mass is 14.2. The second-order valence-corrected chi connectivity index (χ2v) is 4.56. The van der Waals surface area contributed by atoms with Crippen molar-refractivity contribution < 1.29 is 0 Å². The first kappa shape index (κ1) is 9.83. The molecule has 0 fully saturated rings. The summed E-state index contributed by atoms with van der Waals surface area (Å²) in [6.07, 6.45) is 10.4. The summed E-state index contributed by atoms with van der Waals surface area (Å²) in [5.41, 5.74) is 0. The Hall–Kier alpha value is -0.260. The lowest BCUT2D eigenvalue weighted by atomic mass is 9.93. The molecule has 0 bridgehead atoms. The average molecular weight is 166 g/mol. The van der Waals surface area contributed by atoms with Gasteiger partial charge >= 0.3 is 0 Å². The normalized spacial score (nSPS) is 28.7. The summed E-state index contributed by atoms with van der Waals surface area (Å²) in [7, 11) is 0. The van der Waals surface area contributed by atoms with Gasteiger partial charge in [0, 0.05) is 0 Å². The van der Waals surface area contributed by atoms with E-state index in [1.54, 1.807) is 0 Å². The van der Waals surface area contributed by atoms with Crippen LogP contribution in [-0.2, 0) is 0 Å². The largest absolute Gasteiger partial charge is 0.0851 e. The fraction of sp³-hybridized carbons (Fsp3) is 0.833. The zero-order valence-electron chi connectivity index (χ0n) is 8.72. The van der Waals surface area contributed by atoms with Crippen LogP contribution in [0.15, 0.2) is 12.2 Å². The van der Waals surface area contributed by atoms with Crippen molar-refractivity contribution in [2.45, 2.75) is 46.5 Å². The van der Waals surface area contributed by atoms with E-state index in [-0.39, 0.29) is 0 Å². The first-order valence-electron chi connectivity index (χ1n) is 5.40. The Bertz CT molecular complexity index is 144. The van der Waals surface area contributed by atoms with Crippen molar-refractivity contribution in [1.29, 1.82) is 0 Å². The highest BCUT2D eigenvalue weighted by Crippen LogP contribution is 2.30. The van der Waals surface area contributed by atoms with Crippen LogP contribution < -0.4 is 0 Å². The van der Waals surface area contributed by atoms with Crippen LogP contribution in [0.25, 0.3) is 0 Å². The van der Waals surface area contributed by atoms with E-state index in [1.807, 2.05) is 0 Å². The van der Waals surface area contributed by atoms with Gasteiger partial charge in [-0.1, -0.05) is 39.3 Å². The van der Waals surface area contributed by atoms with E-state index in [0.717, 1.165) is 17.8 Å². The van der Waals surface area contributed by atoms with Gasteiger partial charge in [0.25, 0.3) is 0 Å². The standard InChI is InChI=1S/C12H22/c1-4-5-11-6-7-12(9-11)8-10(2)3/h6-7,10-12H,4-5,8-9H2,1-3H3. The zero-order valence-corrected chi connectivity index (χ0v) is 8.72. The second-order valence-electron chi connectivity index (χ2n) is 4.56. The molecular weight excluding hydrogens is 144 g/mol. The van der Waals surface area contributed by atoms with E-state index in [0.29, 0.717) is 0 Å². The smallest absolute Gasteiger partial charge is 0.0225 e. The van der Waals surface area contributed by atoms with Crippen molar-refractivity contribution in [3.63, 3.8) is 0 Å². The van der Waals surface area contributed by atoms with Crippen LogP contribution in [0.2, 0.25) is 0 Å². The van der Waals surface area contributed by atoms with Crippen LogP contribution in [0.3, 0.4) is 0 Å². The predicted molar refractivity (Wildman–Crippen MR) is 55.1 cm³/mol. The lowest BCUT2D eigenvalue weighted by Crippen LogP contribution is -2.01. The third-order valence-corrected chi connectivity index (χ3v) is 2.69. The number of rotatable bonds is 4. The van der Waals surface area contributed by atoms with Crippen LogP contribution >= 0.6 is 0 Å². The molecule has 0 heterocycles. The minimum Gasteiger partial charge on any atom is -0.0851 e. The molecule has 0 saturated heterocycles. The van der Waals surface area contributed by atoms with Crippen LogP contribution in [0.5, 0.6) is 0 Å². The molecule has 2 atom stereocenters. The molecule has 0 heteroatoms. The van der Waals surface area contributed by atoms with Gasteiger partial charge in [0.2, 0.25) is 0 Å². The van der Waals surface area contributed by atoms with Crippen molar-refractivity contribution >= 4 is 0 Å². The van der Waals surface area contributed by atoms with Gasteiger partial charge in [-0.15, -0.1) is 0 Å². The molecule has 1 rings (SSSR count). The fourth-order valence-corrected chi connectivity index (χ4v) is 2.23. The fourth-order valence-electron chi connectivity index (χ4n) is 2.23. The molecule has 12 heavy (non-hydrogen) atoms. The molecule has 0 nitrogen and oxygen atoms in total. The minimum atomic E-state index is 0.861. The Morgan fingerprint density at radius 3 is 2.50 bits per heavy atom. The summed E-state index contributed by atoms with van der Waals surface area (Å²) in [5, 5.41) is 0. The Morgan fingerprint density at radius 2 is 1.92 bits per heavy atom. The molecule has 0 amide bonds. The van der Waals surface area contributed by atoms with Gasteiger partial charge in [-0.3, -0.25) is 0 Å². The summed E-state index contributed by atoms with van der Waals surface area (Å²) in [4.78, 5) is 0. The van der Waals surface area contributed by atoms with Gasteiger partial charge in [-0.25, -0.2) is 0 Å². The van der Waals surface area contributed by atoms with Crippen molar-refractivity contribution in [3.8, 4) is 0 Å². The Balaban J connectivity index is 2.23. The van der Waals surface area contributed by atoms with E-state index in [4.69, 9.17) is 0 Å². The number of hydrogen-bond acceptors (Lipinski definition) is 0. The van der Waals surface area contributed by atoms with Gasteiger partial charge in [0.15, 0.2) is 0 Å². The molecule has 1 aliphatic rings. The second kappa shape index (κ2) is 4.69. The molecule has 0 aromatic carbocycles. The SMILES string of the molecule is CCCC1C=CC(CC(C)C)C1. The maximum absolute atomic E-state index is 2.44. The highest BCUT2D eigenvalue weighted by Gasteiger charge is 2.18. The van der Waals surface area contributed by atoms with Crippen molar-refractivity contribution in [2.24, 2.45) is 17.8 Å². The molecule has 0 N–H and O–H groups in total. The van der Waals surface area contributed by atoms with Crippen molar-refractivity contribution in [1.82, 2.24) is 0 Å². The number of allylic oxidation sites excluding steroid dienone is 2. The van der Waals surface area contributed by atoms with E-state index in [9.17, 15) is 0 Å². The Labute approximate surface area is 77.1 Å². The van der Waals surface area contributed by atoms with Crippen molar-refractivity contribution in [2.75, 3.05) is 0 Å². The van der Waals surface area contributed by atoms with Crippen LogP contribution in [0.4, 0.5) is 0 Å². The average Bonchev–Trinajstić information content (AvgIpc) is 2.36. The van der Waals surface area contributed by atoms with Gasteiger partial charge in [0.1, 0.15) is 0 Å². The van der Waals surface area contributed by atoms with E-state index in [2.05, 4.69) is 32.9 Å². The van der Waals surface area contributed by atoms with Gasteiger partial charge in [-0.2, -0.15) is 0 Å². The van der Waals surface area contributed by atoms with Gasteiger partial charge < -0.3 is 0 Å². The number of hydrogen-bond donors (Lipinski definition) is 0. The van der Waals surface area contributed by atoms with E-state index in [1.165, 1.54) is 25.7 Å². The van der Waals surface area contributed by atoms with Crippen LogP contribution in [0.1, 0.15) is 46.5 Å². The summed E-state index contributed by atoms with van der Waals surface area (Å²) < 4.78 is 0. The predicted octanol–water partition coefficient (Wildman–Crippen LogP) is 4.02. The molecule has 0 spiro atoms. The summed E-state index contributed by atoms with van der Waals surface area (Å²) >= 11 is 0. The minimum absolute atomic E-state index is 0.861. The maximum Gasteiger partial charge on any atom is -0.0225 e. The lowest BCUT2D eigenvalue weighted by molar-refractivity contribution is 0.419. The van der Waals surface area contributed by atoms with Gasteiger partial charge in [0.05, 0.1) is 0 Å². The van der Waals surface area contributed by atoms with Gasteiger partial charge in [-0.05, 0) is 37.0 Å². The van der Waals surface area contributed by atoms with E-state index < -0.39 is 0 Å². The monoisotopic (exact) mass is 166 g/mol. The maximum atomic E-state index is 2.44. The molecule has 1 aliphatic carbocycles. The molecule has 0 saturated carbocycles. The topological polar surface area (TPSA) is 0 Å². The molecule has 0 radical (unpaired) electrons. The zero-order chi connectivity index (χ0) is 8.97. The quantitative estimate of drug-likeness (QED) is 0.553. The summed E-state index contributed by atoms with van der Waals surface area (Å²) in [6, 6.07) is 0. The molecular formula is C12H22. The van der Waals surface area contributed by atoms with Crippen LogP contribution in [0, 0.1) is 17.8 Å². The summed E-state index contributed by atoms with van der Waals surface area (Å²) in [6.45, 7) is 6.92. The summed E-state index contributed by atoms with van der Waals surface area (Å²) in [5.74, 6) is 2.65. The molecule has 0 aromatic heterocycles. The van der Waals surface area contributed by atoms with Crippen LogP contribution in [-0.4, -0.2) is 0 Å². The first-order valence-corrected chi connectivity index (χ1v) is 5.40. The molecule has 0 aliphatic heterocycles. The molecule has 70 valence electrons. The third-order valence-electron chi connectivity index (χ3n) is 2.69. The van der Waals surface area contributed by atoms with Crippen molar-refractivity contribution in [3.05, 3.63) is 12.2 Å².